The molecule has 4 N–H and O–H groups in total. The van der Waals surface area contributed by atoms with Gasteiger partial charge < -0.3 is 10.5 Å². The van der Waals surface area contributed by atoms with E-state index in [0.717, 1.165) is 10.7 Å². The van der Waals surface area contributed by atoms with Crippen LogP contribution in [-0.4, -0.2) is 38.8 Å². The first-order chi connectivity index (χ1) is 7.01. The predicted octanol–water partition coefficient (Wildman–Crippen LogP) is 0.0264. The Bertz CT molecular complexity index is 314. The third-order valence-electron chi connectivity index (χ3n) is 2.49. The highest BCUT2D eigenvalue weighted by molar-refractivity contribution is 7.10. The van der Waals surface area contributed by atoms with Crippen molar-refractivity contribution in [3.05, 3.63) is 5.69 Å². The molecule has 0 spiro atoms. The summed E-state index contributed by atoms with van der Waals surface area (Å²) >= 11 is 1.22. The van der Waals surface area contributed by atoms with Crippen LogP contribution in [0.3, 0.4) is 0 Å². The summed E-state index contributed by atoms with van der Waals surface area (Å²) in [5, 5.41) is 13.9. The van der Waals surface area contributed by atoms with Gasteiger partial charge in [-0.3, -0.25) is 4.90 Å². The van der Waals surface area contributed by atoms with Crippen molar-refractivity contribution in [1.82, 2.24) is 14.5 Å². The molecule has 0 aliphatic carbocycles. The maximum Gasteiger partial charge on any atom is 0.148 e. The zero-order valence-electron chi connectivity index (χ0n) is 9.19. The minimum atomic E-state index is -0.282. The number of hydrogen-bond acceptors (Lipinski definition) is 7. The molecule has 0 radical (unpaired) electrons. The van der Waals surface area contributed by atoms with Crippen LogP contribution in [0.2, 0.25) is 0 Å². The van der Waals surface area contributed by atoms with E-state index < -0.39 is 0 Å². The van der Waals surface area contributed by atoms with Crippen molar-refractivity contribution >= 4 is 16.5 Å². The number of hydrazine groups is 1. The number of nitrogen functional groups attached to an aromatic ring is 1. The number of nitrogens with zero attached hydrogens (tertiary/aromatic N) is 3. The Morgan fingerprint density at radius 3 is 2.80 bits per heavy atom. The lowest BCUT2D eigenvalue weighted by molar-refractivity contribution is 0.0726. The second-order valence-electron chi connectivity index (χ2n) is 4.02. The van der Waals surface area contributed by atoms with E-state index in [2.05, 4.69) is 15.0 Å². The lowest BCUT2D eigenvalue weighted by Gasteiger charge is -2.33. The fourth-order valence-corrected chi connectivity index (χ4v) is 1.47. The van der Waals surface area contributed by atoms with Crippen LogP contribution in [0.1, 0.15) is 19.5 Å². The first-order valence-electron chi connectivity index (χ1n) is 4.61. The van der Waals surface area contributed by atoms with E-state index in [4.69, 9.17) is 5.84 Å². The number of likely N-dealkylation sites (N-methyl/N-ethyl adjacent to an activating group) is 1. The molecule has 0 atom stereocenters. The first-order valence-corrected chi connectivity index (χ1v) is 5.38. The van der Waals surface area contributed by atoms with Crippen LogP contribution in [0.5, 0.6) is 0 Å². The van der Waals surface area contributed by atoms with E-state index in [1.54, 1.807) is 0 Å². The number of aliphatic hydroxyl groups excluding tert-OH is 1. The molecule has 0 amide bonds. The van der Waals surface area contributed by atoms with Gasteiger partial charge in [0.1, 0.15) is 10.7 Å². The molecular weight excluding hydrogens is 214 g/mol. The Morgan fingerprint density at radius 2 is 2.27 bits per heavy atom. The maximum atomic E-state index is 9.20. The predicted molar refractivity (Wildman–Crippen MR) is 60.4 cm³/mol. The van der Waals surface area contributed by atoms with Crippen molar-refractivity contribution in [3.63, 3.8) is 0 Å². The van der Waals surface area contributed by atoms with Gasteiger partial charge in [0.25, 0.3) is 0 Å². The van der Waals surface area contributed by atoms with Gasteiger partial charge in [0.05, 0.1) is 6.61 Å². The van der Waals surface area contributed by atoms with E-state index in [-0.39, 0.29) is 12.1 Å². The van der Waals surface area contributed by atoms with Crippen LogP contribution in [0.15, 0.2) is 0 Å². The molecule has 1 aromatic rings. The quantitative estimate of drug-likeness (QED) is 0.489. The SMILES string of the molecule is CN(Cc1nnsc1NN)C(C)(C)CO. The average molecular weight is 231 g/mol. The van der Waals surface area contributed by atoms with Gasteiger partial charge in [-0.1, -0.05) is 4.49 Å². The Kier molecular flexibility index (Phi) is 3.97. The zero-order chi connectivity index (χ0) is 11.5. The molecule has 0 aliphatic heterocycles. The average Bonchev–Trinajstić information content (AvgIpc) is 2.65. The standard InChI is InChI=1S/C8H17N5OS/c1-8(2,5-14)13(3)4-6-7(10-9)15-12-11-6/h10,14H,4-5,9H2,1-3H3. The van der Waals surface area contributed by atoms with Crippen molar-refractivity contribution in [2.45, 2.75) is 25.9 Å². The second kappa shape index (κ2) is 4.84. The molecule has 0 fully saturated rings. The molecule has 0 aromatic carbocycles. The van der Waals surface area contributed by atoms with Gasteiger partial charge >= 0.3 is 0 Å². The molecule has 1 aromatic heterocycles. The molecule has 0 bridgehead atoms. The van der Waals surface area contributed by atoms with E-state index in [1.165, 1.54) is 11.5 Å². The summed E-state index contributed by atoms with van der Waals surface area (Å²) in [5.41, 5.74) is 3.07. The summed E-state index contributed by atoms with van der Waals surface area (Å²) in [4.78, 5) is 2.00. The van der Waals surface area contributed by atoms with Gasteiger partial charge in [-0.2, -0.15) is 0 Å². The highest BCUT2D eigenvalue weighted by Crippen LogP contribution is 2.20. The number of aromatic nitrogens is 2. The van der Waals surface area contributed by atoms with E-state index in [0.29, 0.717) is 6.54 Å². The number of aliphatic hydroxyl groups is 1. The number of nitrogens with one attached hydrogen (secondary N) is 1. The first kappa shape index (κ1) is 12.3. The van der Waals surface area contributed by atoms with Gasteiger partial charge in [-0.05, 0) is 20.9 Å². The summed E-state index contributed by atoms with van der Waals surface area (Å²) in [6.07, 6.45) is 0. The van der Waals surface area contributed by atoms with Crippen molar-refractivity contribution in [2.24, 2.45) is 5.84 Å². The van der Waals surface area contributed by atoms with Crippen molar-refractivity contribution in [2.75, 3.05) is 19.1 Å². The van der Waals surface area contributed by atoms with Crippen LogP contribution in [0.4, 0.5) is 5.00 Å². The molecule has 1 heterocycles. The minimum absolute atomic E-state index is 0.0897. The van der Waals surface area contributed by atoms with Gasteiger partial charge in [0, 0.05) is 23.6 Å². The van der Waals surface area contributed by atoms with Gasteiger partial charge in [0.15, 0.2) is 0 Å². The van der Waals surface area contributed by atoms with E-state index in [9.17, 15) is 5.11 Å². The molecule has 6 nitrogen and oxygen atoms in total. The normalized spacial score (nSPS) is 12.1. The second-order valence-corrected chi connectivity index (χ2v) is 4.77. The Balaban J connectivity index is 2.70. The number of anilines is 1. The molecule has 7 heteroatoms. The lowest BCUT2D eigenvalue weighted by atomic mass is 10.1. The smallest absolute Gasteiger partial charge is 0.148 e. The van der Waals surface area contributed by atoms with Crippen LogP contribution < -0.4 is 11.3 Å². The van der Waals surface area contributed by atoms with Crippen molar-refractivity contribution < 1.29 is 5.11 Å². The maximum absolute atomic E-state index is 9.20. The molecule has 0 saturated heterocycles. The van der Waals surface area contributed by atoms with Gasteiger partial charge in [0.2, 0.25) is 0 Å². The third-order valence-corrected chi connectivity index (χ3v) is 3.19. The highest BCUT2D eigenvalue weighted by Gasteiger charge is 2.24. The van der Waals surface area contributed by atoms with Crippen molar-refractivity contribution in [3.8, 4) is 0 Å². The molecule has 0 aliphatic rings. The Labute approximate surface area is 93.2 Å². The molecule has 1 rings (SSSR count). The topological polar surface area (TPSA) is 87.3 Å². The molecular formula is C8H17N5OS. The van der Waals surface area contributed by atoms with E-state index in [1.807, 2.05) is 25.8 Å². The zero-order valence-corrected chi connectivity index (χ0v) is 10.0. The lowest BCUT2D eigenvalue weighted by Crippen LogP contribution is -2.43. The summed E-state index contributed by atoms with van der Waals surface area (Å²) < 4.78 is 3.81. The third kappa shape index (κ3) is 2.85. The largest absolute Gasteiger partial charge is 0.394 e. The summed E-state index contributed by atoms with van der Waals surface area (Å²) in [6, 6.07) is 0. The Morgan fingerprint density at radius 1 is 1.60 bits per heavy atom. The van der Waals surface area contributed by atoms with Crippen LogP contribution >= 0.6 is 11.5 Å². The molecule has 0 unspecified atom stereocenters. The van der Waals surface area contributed by atoms with Crippen LogP contribution in [0, 0.1) is 0 Å². The summed E-state index contributed by atoms with van der Waals surface area (Å²) in [7, 11) is 1.93. The summed E-state index contributed by atoms with van der Waals surface area (Å²) in [5.74, 6) is 5.32. The van der Waals surface area contributed by atoms with Crippen molar-refractivity contribution in [1.29, 1.82) is 0 Å². The number of nitrogens with two attached hydrogens (primary N) is 1. The van der Waals surface area contributed by atoms with Crippen LogP contribution in [-0.2, 0) is 6.54 Å². The van der Waals surface area contributed by atoms with Gasteiger partial charge in [-0.25, -0.2) is 5.84 Å². The highest BCUT2D eigenvalue weighted by atomic mass is 32.1. The van der Waals surface area contributed by atoms with E-state index >= 15 is 0 Å². The minimum Gasteiger partial charge on any atom is -0.394 e. The molecule has 15 heavy (non-hydrogen) atoms. The fraction of sp³-hybridized carbons (Fsp3) is 0.750. The number of hydrogen-bond donors (Lipinski definition) is 3. The molecule has 0 saturated carbocycles. The Hall–Kier alpha value is -0.760. The monoisotopic (exact) mass is 231 g/mol. The van der Waals surface area contributed by atoms with Crippen LogP contribution in [0.25, 0.3) is 0 Å². The number of rotatable bonds is 5. The fourth-order valence-electron chi connectivity index (χ4n) is 0.981. The van der Waals surface area contributed by atoms with Gasteiger partial charge in [-0.15, -0.1) is 5.10 Å². The summed E-state index contributed by atoms with van der Waals surface area (Å²) in [6.45, 7) is 4.61. The molecule has 86 valence electrons.